The summed E-state index contributed by atoms with van der Waals surface area (Å²) in [6.45, 7) is 1.91. The zero-order chi connectivity index (χ0) is 14.4. The highest BCUT2D eigenvalue weighted by molar-refractivity contribution is 9.10. The summed E-state index contributed by atoms with van der Waals surface area (Å²) < 4.78 is 5.43. The van der Waals surface area contributed by atoms with Gasteiger partial charge in [0.2, 0.25) is 5.78 Å². The Kier molecular flexibility index (Phi) is 5.69. The number of rotatable bonds is 5. The number of nitrogens with zero attached hydrogens (tertiary/aromatic N) is 2. The minimum atomic E-state index is -0.630. The molecule has 0 fully saturated rings. The molecule has 5 nitrogen and oxygen atoms in total. The van der Waals surface area contributed by atoms with Gasteiger partial charge >= 0.3 is 5.97 Å². The number of ether oxygens (including phenoxy) is 1. The van der Waals surface area contributed by atoms with Crippen LogP contribution in [0.25, 0.3) is 0 Å². The van der Waals surface area contributed by atoms with Gasteiger partial charge in [-0.15, -0.1) is 0 Å². The van der Waals surface area contributed by atoms with Crippen molar-refractivity contribution in [2.24, 2.45) is 0 Å². The molecular weight excluding hydrogens is 312 g/mol. The van der Waals surface area contributed by atoms with Gasteiger partial charge in [-0.1, -0.05) is 0 Å². The molecule has 1 aromatic rings. The van der Waals surface area contributed by atoms with E-state index in [4.69, 9.17) is 4.74 Å². The Bertz CT molecular complexity index is 512. The molecule has 102 valence electrons. The molecule has 0 saturated carbocycles. The number of hydrogen-bond acceptors (Lipinski definition) is 5. The third-order valence-electron chi connectivity index (χ3n) is 2.12. The topological polar surface area (TPSA) is 59.5 Å². The summed E-state index contributed by atoms with van der Waals surface area (Å²) in [5.74, 6) is -1.02. The van der Waals surface area contributed by atoms with Crippen molar-refractivity contribution in [3.8, 4) is 0 Å². The summed E-state index contributed by atoms with van der Waals surface area (Å²) in [5, 5.41) is 0. The predicted molar refractivity (Wildman–Crippen MR) is 74.7 cm³/mol. The minimum Gasteiger partial charge on any atom is -0.462 e. The average molecular weight is 327 g/mol. The summed E-state index contributed by atoms with van der Waals surface area (Å²) in [6.07, 6.45) is 2.95. The van der Waals surface area contributed by atoms with E-state index in [0.717, 1.165) is 0 Å². The highest BCUT2D eigenvalue weighted by atomic mass is 79.9. The predicted octanol–water partition coefficient (Wildman–Crippen LogP) is 2.04. The Morgan fingerprint density at radius 3 is 2.68 bits per heavy atom. The van der Waals surface area contributed by atoms with Gasteiger partial charge < -0.3 is 9.64 Å². The lowest BCUT2D eigenvalue weighted by molar-refractivity contribution is -0.138. The van der Waals surface area contributed by atoms with Crippen molar-refractivity contribution in [3.05, 3.63) is 40.3 Å². The molecule has 0 N–H and O–H groups in total. The van der Waals surface area contributed by atoms with Gasteiger partial charge in [-0.05, 0) is 35.0 Å². The van der Waals surface area contributed by atoms with Crippen molar-refractivity contribution in [2.45, 2.75) is 6.92 Å². The molecule has 1 heterocycles. The molecule has 1 rings (SSSR count). The van der Waals surface area contributed by atoms with Gasteiger partial charge in [-0.3, -0.25) is 4.79 Å². The lowest BCUT2D eigenvalue weighted by atomic mass is 10.1. The van der Waals surface area contributed by atoms with E-state index >= 15 is 0 Å². The number of carbonyl (C=O) groups excluding carboxylic acids is 2. The molecule has 0 unspecified atom stereocenters. The monoisotopic (exact) mass is 326 g/mol. The zero-order valence-corrected chi connectivity index (χ0v) is 12.6. The fourth-order valence-electron chi connectivity index (χ4n) is 1.37. The minimum absolute atomic E-state index is 0.00931. The highest BCUT2D eigenvalue weighted by Crippen LogP contribution is 2.14. The third kappa shape index (κ3) is 4.48. The first-order chi connectivity index (χ1) is 8.95. The molecule has 0 aromatic carbocycles. The van der Waals surface area contributed by atoms with E-state index < -0.39 is 11.8 Å². The highest BCUT2D eigenvalue weighted by Gasteiger charge is 2.21. The largest absolute Gasteiger partial charge is 0.462 e. The van der Waals surface area contributed by atoms with E-state index in [0.29, 0.717) is 10.2 Å². The lowest BCUT2D eigenvalue weighted by Crippen LogP contribution is -2.19. The lowest BCUT2D eigenvalue weighted by Gasteiger charge is -2.10. The van der Waals surface area contributed by atoms with E-state index in [2.05, 4.69) is 20.9 Å². The number of halogens is 1. The third-order valence-corrected chi connectivity index (χ3v) is 2.55. The Hall–Kier alpha value is -1.69. The molecule has 6 heteroatoms. The van der Waals surface area contributed by atoms with Crippen LogP contribution < -0.4 is 0 Å². The summed E-state index contributed by atoms with van der Waals surface area (Å²) >= 11 is 3.19. The number of pyridine rings is 1. The quantitative estimate of drug-likeness (QED) is 0.207. The van der Waals surface area contributed by atoms with E-state index in [1.807, 2.05) is 0 Å². The van der Waals surface area contributed by atoms with Gasteiger partial charge in [0.15, 0.2) is 0 Å². The van der Waals surface area contributed by atoms with Crippen molar-refractivity contribution >= 4 is 27.7 Å². The van der Waals surface area contributed by atoms with Gasteiger partial charge in [-0.2, -0.15) is 0 Å². The molecule has 1 aromatic heterocycles. The number of esters is 1. The molecule has 0 spiro atoms. The molecule has 0 aliphatic rings. The number of aromatic nitrogens is 1. The fraction of sp³-hybridized carbons (Fsp3) is 0.308. The maximum Gasteiger partial charge on any atom is 0.343 e. The number of hydrogen-bond donors (Lipinski definition) is 0. The Morgan fingerprint density at radius 2 is 2.16 bits per heavy atom. The Balaban J connectivity index is 3.12. The van der Waals surface area contributed by atoms with Crippen LogP contribution in [0.3, 0.4) is 0 Å². The molecular formula is C13H15BrN2O3. The van der Waals surface area contributed by atoms with Crippen molar-refractivity contribution in [2.75, 3.05) is 20.7 Å². The fourth-order valence-corrected chi connectivity index (χ4v) is 1.74. The smallest absolute Gasteiger partial charge is 0.343 e. The molecule has 0 aliphatic heterocycles. The summed E-state index contributed by atoms with van der Waals surface area (Å²) in [5.41, 5.74) is 0.368. The zero-order valence-electron chi connectivity index (χ0n) is 11.0. The Morgan fingerprint density at radius 1 is 1.47 bits per heavy atom. The van der Waals surface area contributed by atoms with Crippen molar-refractivity contribution in [3.63, 3.8) is 0 Å². The van der Waals surface area contributed by atoms with Crippen LogP contribution in [0.1, 0.15) is 17.3 Å². The van der Waals surface area contributed by atoms with Crippen LogP contribution in [0.2, 0.25) is 0 Å². The molecule has 0 radical (unpaired) electrons. The molecule has 0 bridgehead atoms. The van der Waals surface area contributed by atoms with Crippen LogP contribution in [-0.2, 0) is 9.53 Å². The van der Waals surface area contributed by atoms with E-state index in [1.165, 1.54) is 12.4 Å². The molecule has 0 aliphatic carbocycles. The van der Waals surface area contributed by atoms with Gasteiger partial charge in [0.05, 0.1) is 6.61 Å². The van der Waals surface area contributed by atoms with Gasteiger partial charge in [0.25, 0.3) is 0 Å². The van der Waals surface area contributed by atoms with Crippen LogP contribution in [0, 0.1) is 0 Å². The first-order valence-corrected chi connectivity index (χ1v) is 6.46. The second kappa shape index (κ2) is 7.04. The van der Waals surface area contributed by atoms with Crippen molar-refractivity contribution in [1.29, 1.82) is 0 Å². The van der Waals surface area contributed by atoms with Crippen LogP contribution in [0.15, 0.2) is 34.7 Å². The number of carbonyl (C=O) groups is 2. The van der Waals surface area contributed by atoms with Crippen LogP contribution in [-0.4, -0.2) is 42.3 Å². The normalized spacial score (nSPS) is 11.1. The summed E-state index contributed by atoms with van der Waals surface area (Å²) in [7, 11) is 3.46. The van der Waals surface area contributed by atoms with Gasteiger partial charge in [0.1, 0.15) is 10.2 Å². The van der Waals surface area contributed by atoms with E-state index in [1.54, 1.807) is 38.1 Å². The standard InChI is InChI=1S/C13H15BrN2O3/c1-4-19-13(18)10(8-16(2)3)12(17)9-5-6-15-11(14)7-9/h5-8H,4H2,1-3H3. The molecule has 0 atom stereocenters. The summed E-state index contributed by atoms with van der Waals surface area (Å²) in [6, 6.07) is 3.11. The second-order valence-corrected chi connectivity index (χ2v) is 4.74. The van der Waals surface area contributed by atoms with Crippen molar-refractivity contribution in [1.82, 2.24) is 9.88 Å². The SMILES string of the molecule is CCOC(=O)C(=CN(C)C)C(=O)c1ccnc(Br)c1. The number of Topliss-reactive ketones (excluding diaryl/α,β-unsaturated/α-hetero) is 1. The first-order valence-electron chi connectivity index (χ1n) is 5.67. The molecule has 0 saturated heterocycles. The van der Waals surface area contributed by atoms with Gasteiger partial charge in [-0.25, -0.2) is 9.78 Å². The number of ketones is 1. The first kappa shape index (κ1) is 15.4. The summed E-state index contributed by atoms with van der Waals surface area (Å²) in [4.78, 5) is 29.7. The van der Waals surface area contributed by atoms with Crippen LogP contribution in [0.5, 0.6) is 0 Å². The second-order valence-electron chi connectivity index (χ2n) is 3.92. The van der Waals surface area contributed by atoms with Gasteiger partial charge in [0, 0.05) is 32.1 Å². The van der Waals surface area contributed by atoms with E-state index in [-0.39, 0.29) is 12.2 Å². The maximum atomic E-state index is 12.3. The van der Waals surface area contributed by atoms with Crippen LogP contribution >= 0.6 is 15.9 Å². The van der Waals surface area contributed by atoms with Crippen molar-refractivity contribution < 1.29 is 14.3 Å². The molecule has 19 heavy (non-hydrogen) atoms. The Labute approximate surface area is 120 Å². The maximum absolute atomic E-state index is 12.3. The average Bonchev–Trinajstić information content (AvgIpc) is 2.35. The molecule has 0 amide bonds. The van der Waals surface area contributed by atoms with E-state index in [9.17, 15) is 9.59 Å². The van der Waals surface area contributed by atoms with Crippen LogP contribution in [0.4, 0.5) is 0 Å².